The number of hydrogen-bond acceptors (Lipinski definition) is 1. The molecule has 0 fully saturated rings. The zero-order valence-electron chi connectivity index (χ0n) is 7.31. The summed E-state index contributed by atoms with van der Waals surface area (Å²) in [7, 11) is 0. The summed E-state index contributed by atoms with van der Waals surface area (Å²) < 4.78 is 15.1. The number of para-hydroxylation sites is 2. The van der Waals surface area contributed by atoms with E-state index in [1.807, 2.05) is 30.5 Å². The van der Waals surface area contributed by atoms with E-state index in [0.29, 0.717) is 5.65 Å². The molecule has 3 heteroatoms. The normalized spacial score (nSPS) is 11.2. The number of benzene rings is 1. The number of rotatable bonds is 0. The molecule has 68 valence electrons. The molecule has 3 rings (SSSR count). The highest BCUT2D eigenvalue weighted by atomic mass is 19.1. The maximum atomic E-state index is 13.3. The topological polar surface area (TPSA) is 17.3 Å². The van der Waals surface area contributed by atoms with Crippen LogP contribution in [-0.2, 0) is 0 Å². The van der Waals surface area contributed by atoms with Crippen molar-refractivity contribution >= 4 is 16.7 Å². The van der Waals surface area contributed by atoms with Crippen LogP contribution in [0.2, 0.25) is 0 Å². The SMILES string of the molecule is Fc1cccn2c1nc1ccccc12. The molecule has 0 saturated heterocycles. The molecule has 2 heterocycles. The Bertz CT molecular complexity index is 613. The van der Waals surface area contributed by atoms with Crippen molar-refractivity contribution in [2.45, 2.75) is 0 Å². The van der Waals surface area contributed by atoms with Gasteiger partial charge in [-0.2, -0.15) is 0 Å². The summed E-state index contributed by atoms with van der Waals surface area (Å²) in [4.78, 5) is 4.20. The predicted octanol–water partition coefficient (Wildman–Crippen LogP) is 2.63. The van der Waals surface area contributed by atoms with Crippen LogP contribution in [-0.4, -0.2) is 9.38 Å². The Morgan fingerprint density at radius 1 is 1.07 bits per heavy atom. The van der Waals surface area contributed by atoms with Crippen LogP contribution in [0.3, 0.4) is 0 Å². The summed E-state index contributed by atoms with van der Waals surface area (Å²) in [5.41, 5.74) is 2.13. The fraction of sp³-hybridized carbons (Fsp3) is 0. The highest BCUT2D eigenvalue weighted by molar-refractivity contribution is 5.80. The smallest absolute Gasteiger partial charge is 0.174 e. The van der Waals surface area contributed by atoms with E-state index in [9.17, 15) is 4.39 Å². The maximum absolute atomic E-state index is 13.3. The lowest BCUT2D eigenvalue weighted by Gasteiger charge is -1.94. The van der Waals surface area contributed by atoms with Gasteiger partial charge in [-0.1, -0.05) is 12.1 Å². The lowest BCUT2D eigenvalue weighted by molar-refractivity contribution is 0.630. The van der Waals surface area contributed by atoms with Crippen molar-refractivity contribution in [3.8, 4) is 0 Å². The minimum atomic E-state index is -0.288. The van der Waals surface area contributed by atoms with Crippen LogP contribution in [0.25, 0.3) is 16.7 Å². The van der Waals surface area contributed by atoms with Gasteiger partial charge < -0.3 is 0 Å². The molecular formula is C11H7FN2. The molecule has 0 amide bonds. The Kier molecular flexibility index (Phi) is 1.36. The largest absolute Gasteiger partial charge is 0.297 e. The molecule has 0 atom stereocenters. The Morgan fingerprint density at radius 3 is 2.86 bits per heavy atom. The van der Waals surface area contributed by atoms with Crippen molar-refractivity contribution in [1.82, 2.24) is 9.38 Å². The maximum Gasteiger partial charge on any atom is 0.174 e. The second kappa shape index (κ2) is 2.54. The Hall–Kier alpha value is -1.90. The van der Waals surface area contributed by atoms with E-state index in [2.05, 4.69) is 4.98 Å². The van der Waals surface area contributed by atoms with E-state index in [4.69, 9.17) is 0 Å². The lowest BCUT2D eigenvalue weighted by atomic mass is 10.3. The van der Waals surface area contributed by atoms with E-state index >= 15 is 0 Å². The van der Waals surface area contributed by atoms with Gasteiger partial charge >= 0.3 is 0 Å². The van der Waals surface area contributed by atoms with Crippen molar-refractivity contribution in [3.05, 3.63) is 48.4 Å². The van der Waals surface area contributed by atoms with Gasteiger partial charge in [0.2, 0.25) is 0 Å². The van der Waals surface area contributed by atoms with Crippen LogP contribution in [0.5, 0.6) is 0 Å². The van der Waals surface area contributed by atoms with E-state index in [0.717, 1.165) is 11.0 Å². The van der Waals surface area contributed by atoms with Crippen molar-refractivity contribution in [2.24, 2.45) is 0 Å². The molecule has 0 saturated carbocycles. The molecular weight excluding hydrogens is 179 g/mol. The second-order valence-corrected chi connectivity index (χ2v) is 3.15. The quantitative estimate of drug-likeness (QED) is 0.527. The van der Waals surface area contributed by atoms with Crippen LogP contribution in [0.4, 0.5) is 4.39 Å². The fourth-order valence-corrected chi connectivity index (χ4v) is 1.65. The average molecular weight is 186 g/mol. The number of halogens is 1. The van der Waals surface area contributed by atoms with Crippen molar-refractivity contribution in [2.75, 3.05) is 0 Å². The number of nitrogens with zero attached hydrogens (tertiary/aromatic N) is 2. The van der Waals surface area contributed by atoms with E-state index in [1.165, 1.54) is 6.07 Å². The first-order chi connectivity index (χ1) is 6.86. The Labute approximate surface area is 79.6 Å². The second-order valence-electron chi connectivity index (χ2n) is 3.15. The minimum Gasteiger partial charge on any atom is -0.297 e. The third kappa shape index (κ3) is 0.865. The average Bonchev–Trinajstić information content (AvgIpc) is 2.59. The minimum absolute atomic E-state index is 0.288. The monoisotopic (exact) mass is 186 g/mol. The van der Waals surface area contributed by atoms with Gasteiger partial charge in [0.05, 0.1) is 11.0 Å². The lowest BCUT2D eigenvalue weighted by Crippen LogP contribution is -1.86. The number of hydrogen-bond donors (Lipinski definition) is 0. The fourth-order valence-electron chi connectivity index (χ4n) is 1.65. The summed E-state index contributed by atoms with van der Waals surface area (Å²) in [6.07, 6.45) is 1.81. The van der Waals surface area contributed by atoms with E-state index in [1.54, 1.807) is 10.5 Å². The summed E-state index contributed by atoms with van der Waals surface area (Å²) in [6.45, 7) is 0. The van der Waals surface area contributed by atoms with Gasteiger partial charge in [-0.05, 0) is 24.3 Å². The standard InChI is InChI=1S/C11H7FN2/c12-8-4-3-7-14-10-6-2-1-5-9(10)13-11(8)14/h1-7H. The van der Waals surface area contributed by atoms with Crippen molar-refractivity contribution in [1.29, 1.82) is 0 Å². The number of aromatic nitrogens is 2. The third-order valence-electron chi connectivity index (χ3n) is 2.29. The summed E-state index contributed by atoms with van der Waals surface area (Å²) in [5, 5.41) is 0. The molecule has 2 aromatic heterocycles. The first kappa shape index (κ1) is 7.50. The molecule has 0 aliphatic carbocycles. The molecule has 0 aliphatic rings. The number of pyridine rings is 1. The van der Waals surface area contributed by atoms with Crippen LogP contribution in [0.1, 0.15) is 0 Å². The summed E-state index contributed by atoms with van der Waals surface area (Å²) in [6, 6.07) is 10.7. The van der Waals surface area contributed by atoms with Gasteiger partial charge in [-0.25, -0.2) is 9.37 Å². The predicted molar refractivity (Wildman–Crippen MR) is 52.7 cm³/mol. The molecule has 2 nitrogen and oxygen atoms in total. The summed E-state index contributed by atoms with van der Waals surface area (Å²) in [5.74, 6) is -0.288. The van der Waals surface area contributed by atoms with Gasteiger partial charge in [0.1, 0.15) is 0 Å². The van der Waals surface area contributed by atoms with Crippen LogP contribution < -0.4 is 0 Å². The molecule has 3 aromatic rings. The van der Waals surface area contributed by atoms with E-state index < -0.39 is 0 Å². The van der Waals surface area contributed by atoms with E-state index in [-0.39, 0.29) is 5.82 Å². The molecule has 0 N–H and O–H groups in total. The first-order valence-corrected chi connectivity index (χ1v) is 4.37. The van der Waals surface area contributed by atoms with Crippen LogP contribution in [0.15, 0.2) is 42.6 Å². The van der Waals surface area contributed by atoms with Gasteiger partial charge in [-0.3, -0.25) is 4.40 Å². The molecule has 1 aromatic carbocycles. The highest BCUT2D eigenvalue weighted by Crippen LogP contribution is 2.17. The molecule has 0 radical (unpaired) electrons. The molecule has 0 spiro atoms. The van der Waals surface area contributed by atoms with Gasteiger partial charge in [-0.15, -0.1) is 0 Å². The zero-order chi connectivity index (χ0) is 9.54. The Morgan fingerprint density at radius 2 is 1.93 bits per heavy atom. The number of imidazole rings is 1. The third-order valence-corrected chi connectivity index (χ3v) is 2.29. The van der Waals surface area contributed by atoms with Gasteiger partial charge in [0.25, 0.3) is 0 Å². The highest BCUT2D eigenvalue weighted by Gasteiger charge is 2.06. The molecule has 0 bridgehead atoms. The van der Waals surface area contributed by atoms with Crippen molar-refractivity contribution < 1.29 is 4.39 Å². The molecule has 0 aliphatic heterocycles. The van der Waals surface area contributed by atoms with Crippen LogP contribution in [0, 0.1) is 5.82 Å². The summed E-state index contributed by atoms with van der Waals surface area (Å²) >= 11 is 0. The molecule has 0 unspecified atom stereocenters. The van der Waals surface area contributed by atoms with Crippen molar-refractivity contribution in [3.63, 3.8) is 0 Å². The molecule has 14 heavy (non-hydrogen) atoms. The van der Waals surface area contributed by atoms with Gasteiger partial charge in [0.15, 0.2) is 11.5 Å². The van der Waals surface area contributed by atoms with Crippen LogP contribution >= 0.6 is 0 Å². The van der Waals surface area contributed by atoms with Gasteiger partial charge in [0, 0.05) is 6.20 Å². The first-order valence-electron chi connectivity index (χ1n) is 4.37. The number of fused-ring (bicyclic) bond motifs is 3. The Balaban J connectivity index is 2.63. The zero-order valence-corrected chi connectivity index (χ0v) is 7.31.